The summed E-state index contributed by atoms with van der Waals surface area (Å²) in [6.45, 7) is 0. The molecule has 3 aromatic carbocycles. The Morgan fingerprint density at radius 3 is 2.20 bits per heavy atom. The number of aromatic nitrogens is 3. The number of halogens is 3. The first-order valence-electron chi connectivity index (χ1n) is 10.5. The molecule has 4 aromatic rings. The Balaban J connectivity index is 1.77. The van der Waals surface area contributed by atoms with Crippen LogP contribution in [0, 0.1) is 0 Å². The van der Waals surface area contributed by atoms with Crippen molar-refractivity contribution in [3.63, 3.8) is 0 Å². The maximum absolute atomic E-state index is 13.5. The second kappa shape index (κ2) is 10.3. The third-order valence-electron chi connectivity index (χ3n) is 5.29. The lowest BCUT2D eigenvalue weighted by atomic mass is 10.1. The summed E-state index contributed by atoms with van der Waals surface area (Å²) in [4.78, 5) is 0. The van der Waals surface area contributed by atoms with Crippen LogP contribution in [0.15, 0.2) is 71.9 Å². The fourth-order valence-corrected chi connectivity index (χ4v) is 4.51. The monoisotopic (exact) mass is 501 g/mol. The number of ether oxygens (including phenoxy) is 3. The van der Waals surface area contributed by atoms with Gasteiger partial charge in [-0.3, -0.25) is 4.57 Å². The molecule has 182 valence electrons. The fraction of sp³-hybridized carbons (Fsp3) is 0.200. The number of alkyl halides is 3. The highest BCUT2D eigenvalue weighted by Crippen LogP contribution is 2.37. The Kier molecular flexibility index (Phi) is 7.20. The number of hydrogen-bond donors (Lipinski definition) is 0. The second-order valence-electron chi connectivity index (χ2n) is 7.35. The fourth-order valence-electron chi connectivity index (χ4n) is 3.55. The minimum Gasteiger partial charge on any atom is -0.497 e. The molecule has 0 unspecified atom stereocenters. The number of methoxy groups -OCH3 is 3. The molecule has 0 amide bonds. The van der Waals surface area contributed by atoms with E-state index < -0.39 is 11.7 Å². The van der Waals surface area contributed by atoms with Crippen molar-refractivity contribution in [2.75, 3.05) is 21.3 Å². The largest absolute Gasteiger partial charge is 0.497 e. The molecule has 0 aliphatic heterocycles. The third kappa shape index (κ3) is 5.22. The van der Waals surface area contributed by atoms with Crippen LogP contribution in [0.25, 0.3) is 17.1 Å². The number of benzene rings is 3. The lowest BCUT2D eigenvalue weighted by Crippen LogP contribution is -2.08. The van der Waals surface area contributed by atoms with Gasteiger partial charge in [-0.05, 0) is 54.1 Å². The first-order valence-corrected chi connectivity index (χ1v) is 11.4. The molecule has 0 saturated heterocycles. The van der Waals surface area contributed by atoms with E-state index in [0.29, 0.717) is 33.8 Å². The lowest BCUT2D eigenvalue weighted by molar-refractivity contribution is -0.138. The molecule has 1 heterocycles. The molecule has 0 saturated carbocycles. The van der Waals surface area contributed by atoms with Crippen molar-refractivity contribution >= 4 is 11.8 Å². The van der Waals surface area contributed by atoms with E-state index in [0.717, 1.165) is 11.8 Å². The lowest BCUT2D eigenvalue weighted by Gasteiger charge is -2.14. The molecule has 0 N–H and O–H groups in total. The van der Waals surface area contributed by atoms with E-state index in [1.54, 1.807) is 49.1 Å². The smallest absolute Gasteiger partial charge is 0.416 e. The number of hydrogen-bond acceptors (Lipinski definition) is 6. The van der Waals surface area contributed by atoms with Crippen LogP contribution >= 0.6 is 11.8 Å². The molecule has 35 heavy (non-hydrogen) atoms. The Labute approximate surface area is 204 Å². The highest BCUT2D eigenvalue weighted by Gasteiger charge is 2.33. The molecule has 0 fully saturated rings. The topological polar surface area (TPSA) is 58.4 Å². The van der Waals surface area contributed by atoms with Crippen LogP contribution < -0.4 is 14.2 Å². The zero-order chi connectivity index (χ0) is 25.0. The summed E-state index contributed by atoms with van der Waals surface area (Å²) in [5.74, 6) is 2.31. The number of nitrogens with zero attached hydrogens (tertiary/aromatic N) is 3. The van der Waals surface area contributed by atoms with Gasteiger partial charge >= 0.3 is 6.18 Å². The van der Waals surface area contributed by atoms with Crippen molar-refractivity contribution in [1.82, 2.24) is 14.8 Å². The van der Waals surface area contributed by atoms with Crippen LogP contribution in [0.4, 0.5) is 13.2 Å². The molecule has 0 spiro atoms. The maximum atomic E-state index is 13.5. The SMILES string of the molecule is COc1ccc(-n2c(SCc3ccccc3C(F)(F)F)nnc2-c2ccc(OC)c(OC)c2)cc1. The number of rotatable bonds is 8. The van der Waals surface area contributed by atoms with Crippen LogP contribution in [-0.4, -0.2) is 36.1 Å². The van der Waals surface area contributed by atoms with Crippen LogP contribution in [0.1, 0.15) is 11.1 Å². The van der Waals surface area contributed by atoms with Crippen LogP contribution in [0.5, 0.6) is 17.2 Å². The van der Waals surface area contributed by atoms with Gasteiger partial charge in [-0.2, -0.15) is 13.2 Å². The van der Waals surface area contributed by atoms with E-state index in [1.807, 2.05) is 18.2 Å². The molecule has 6 nitrogen and oxygen atoms in total. The van der Waals surface area contributed by atoms with E-state index in [-0.39, 0.29) is 11.3 Å². The normalized spacial score (nSPS) is 11.4. The molecular formula is C25H22F3N3O3S. The third-order valence-corrected chi connectivity index (χ3v) is 6.26. The highest BCUT2D eigenvalue weighted by molar-refractivity contribution is 7.98. The average Bonchev–Trinajstić information content (AvgIpc) is 3.30. The van der Waals surface area contributed by atoms with Gasteiger partial charge in [-0.25, -0.2) is 0 Å². The van der Waals surface area contributed by atoms with Crippen molar-refractivity contribution in [3.8, 4) is 34.3 Å². The molecule has 0 aliphatic carbocycles. The summed E-state index contributed by atoms with van der Waals surface area (Å²) in [7, 11) is 4.66. The van der Waals surface area contributed by atoms with Crippen molar-refractivity contribution in [2.45, 2.75) is 17.1 Å². The minimum atomic E-state index is -4.44. The van der Waals surface area contributed by atoms with Gasteiger partial charge < -0.3 is 14.2 Å². The van der Waals surface area contributed by atoms with Crippen molar-refractivity contribution in [1.29, 1.82) is 0 Å². The van der Waals surface area contributed by atoms with Gasteiger partial charge in [-0.15, -0.1) is 10.2 Å². The highest BCUT2D eigenvalue weighted by atomic mass is 32.2. The van der Waals surface area contributed by atoms with Gasteiger partial charge in [0.2, 0.25) is 0 Å². The molecule has 4 rings (SSSR count). The standard InChI is InChI=1S/C25H22F3N3O3S/c1-32-19-11-9-18(10-12-19)31-23(16-8-13-21(33-2)22(14-16)34-3)29-30-24(31)35-15-17-6-4-5-7-20(17)25(26,27)28/h4-14H,15H2,1-3H3. The zero-order valence-corrected chi connectivity index (χ0v) is 20.0. The second-order valence-corrected chi connectivity index (χ2v) is 8.30. The van der Waals surface area contributed by atoms with Crippen molar-refractivity contribution in [2.24, 2.45) is 0 Å². The van der Waals surface area contributed by atoms with Gasteiger partial charge in [0.25, 0.3) is 0 Å². The zero-order valence-electron chi connectivity index (χ0n) is 19.2. The van der Waals surface area contributed by atoms with E-state index >= 15 is 0 Å². The van der Waals surface area contributed by atoms with E-state index in [4.69, 9.17) is 14.2 Å². The summed E-state index contributed by atoms with van der Waals surface area (Å²) in [6.07, 6.45) is -4.44. The first kappa shape index (κ1) is 24.5. The molecule has 0 radical (unpaired) electrons. The Morgan fingerprint density at radius 1 is 0.829 bits per heavy atom. The first-order chi connectivity index (χ1) is 16.9. The average molecular weight is 502 g/mol. The molecule has 1 aromatic heterocycles. The van der Waals surface area contributed by atoms with E-state index in [1.165, 1.54) is 31.0 Å². The molecular weight excluding hydrogens is 479 g/mol. The summed E-state index contributed by atoms with van der Waals surface area (Å²) in [6, 6.07) is 18.1. The van der Waals surface area contributed by atoms with Crippen LogP contribution in [0.2, 0.25) is 0 Å². The summed E-state index contributed by atoms with van der Waals surface area (Å²) < 4.78 is 58.2. The predicted octanol–water partition coefficient (Wildman–Crippen LogP) is 6.27. The molecule has 10 heteroatoms. The maximum Gasteiger partial charge on any atom is 0.416 e. The van der Waals surface area contributed by atoms with Gasteiger partial charge in [0.15, 0.2) is 22.5 Å². The van der Waals surface area contributed by atoms with Crippen molar-refractivity contribution < 1.29 is 27.4 Å². The van der Waals surface area contributed by atoms with Crippen LogP contribution in [0.3, 0.4) is 0 Å². The predicted molar refractivity (Wildman–Crippen MR) is 127 cm³/mol. The summed E-state index contributed by atoms with van der Waals surface area (Å²) in [5.41, 5.74) is 0.936. The van der Waals surface area contributed by atoms with Gasteiger partial charge in [-0.1, -0.05) is 30.0 Å². The Hall–Kier alpha value is -3.66. The van der Waals surface area contributed by atoms with E-state index in [9.17, 15) is 13.2 Å². The Morgan fingerprint density at radius 2 is 1.54 bits per heavy atom. The quantitative estimate of drug-likeness (QED) is 0.265. The minimum absolute atomic E-state index is 0.0654. The number of thioether (sulfide) groups is 1. The molecule has 0 bridgehead atoms. The molecule has 0 aliphatic rings. The van der Waals surface area contributed by atoms with Crippen molar-refractivity contribution in [3.05, 3.63) is 77.9 Å². The van der Waals surface area contributed by atoms with Gasteiger partial charge in [0, 0.05) is 17.0 Å². The van der Waals surface area contributed by atoms with Gasteiger partial charge in [0.05, 0.1) is 26.9 Å². The Bertz CT molecular complexity index is 1310. The van der Waals surface area contributed by atoms with Crippen LogP contribution in [-0.2, 0) is 11.9 Å². The molecule has 0 atom stereocenters. The van der Waals surface area contributed by atoms with E-state index in [2.05, 4.69) is 10.2 Å². The summed E-state index contributed by atoms with van der Waals surface area (Å²) in [5, 5.41) is 9.11. The summed E-state index contributed by atoms with van der Waals surface area (Å²) >= 11 is 1.17. The van der Waals surface area contributed by atoms with Gasteiger partial charge in [0.1, 0.15) is 5.75 Å².